The van der Waals surface area contributed by atoms with Crippen LogP contribution in [0.2, 0.25) is 0 Å². The van der Waals surface area contributed by atoms with E-state index in [2.05, 4.69) is 26.0 Å². The van der Waals surface area contributed by atoms with Crippen molar-refractivity contribution < 1.29 is 4.39 Å². The number of allylic oxidation sites excluding steroid dienone is 1. The molecule has 1 aliphatic carbocycles. The fourth-order valence-electron chi connectivity index (χ4n) is 1.88. The van der Waals surface area contributed by atoms with Gasteiger partial charge in [0.2, 0.25) is 0 Å². The van der Waals surface area contributed by atoms with Crippen molar-refractivity contribution in [1.82, 2.24) is 0 Å². The Balaban J connectivity index is 2.45. The van der Waals surface area contributed by atoms with E-state index in [1.165, 1.54) is 11.6 Å². The zero-order chi connectivity index (χ0) is 9.42. The fourth-order valence-corrected chi connectivity index (χ4v) is 1.88. The van der Waals surface area contributed by atoms with Gasteiger partial charge in [0.1, 0.15) is 5.82 Å². The molecule has 0 bridgehead atoms. The van der Waals surface area contributed by atoms with E-state index in [1.54, 1.807) is 6.07 Å². The largest absolute Gasteiger partial charge is 0.207 e. The Morgan fingerprint density at radius 2 is 2.08 bits per heavy atom. The van der Waals surface area contributed by atoms with Crippen LogP contribution in [-0.2, 0) is 0 Å². The second-order valence-corrected chi connectivity index (χ2v) is 3.90. The van der Waals surface area contributed by atoms with Gasteiger partial charge in [0.25, 0.3) is 0 Å². The third-order valence-corrected chi connectivity index (χ3v) is 2.61. The average Bonchev–Trinajstić information content (AvgIpc) is 2.46. The molecule has 0 fully saturated rings. The molecular weight excluding hydrogens is 163 g/mol. The topological polar surface area (TPSA) is 0 Å². The lowest BCUT2D eigenvalue weighted by Gasteiger charge is -2.14. The molecule has 1 heteroatoms. The molecule has 0 amide bonds. The highest BCUT2D eigenvalue weighted by Crippen LogP contribution is 2.35. The van der Waals surface area contributed by atoms with Crippen molar-refractivity contribution in [3.05, 3.63) is 41.2 Å². The number of rotatable bonds is 1. The molecular formula is C12H13F. The second kappa shape index (κ2) is 2.99. The number of halogens is 1. The van der Waals surface area contributed by atoms with Gasteiger partial charge in [-0.1, -0.05) is 32.1 Å². The summed E-state index contributed by atoms with van der Waals surface area (Å²) in [6.07, 6.45) is 4.24. The summed E-state index contributed by atoms with van der Waals surface area (Å²) < 4.78 is 13.0. The third-order valence-electron chi connectivity index (χ3n) is 2.61. The maximum Gasteiger partial charge on any atom is 0.123 e. The van der Waals surface area contributed by atoms with E-state index in [-0.39, 0.29) is 5.82 Å². The van der Waals surface area contributed by atoms with Gasteiger partial charge in [-0.25, -0.2) is 4.39 Å². The first kappa shape index (κ1) is 8.49. The van der Waals surface area contributed by atoms with Gasteiger partial charge < -0.3 is 0 Å². The Morgan fingerprint density at radius 3 is 2.77 bits per heavy atom. The van der Waals surface area contributed by atoms with Crippen molar-refractivity contribution in [1.29, 1.82) is 0 Å². The van der Waals surface area contributed by atoms with E-state index in [0.717, 1.165) is 5.56 Å². The van der Waals surface area contributed by atoms with Gasteiger partial charge in [0.05, 0.1) is 0 Å². The lowest BCUT2D eigenvalue weighted by atomic mass is 9.90. The van der Waals surface area contributed by atoms with Crippen molar-refractivity contribution >= 4 is 6.08 Å². The molecule has 1 aromatic rings. The lowest BCUT2D eigenvalue weighted by molar-refractivity contribution is 0.575. The first-order chi connectivity index (χ1) is 6.18. The minimum absolute atomic E-state index is 0.131. The summed E-state index contributed by atoms with van der Waals surface area (Å²) in [5, 5.41) is 0. The Bertz CT molecular complexity index is 350. The van der Waals surface area contributed by atoms with Gasteiger partial charge in [-0.15, -0.1) is 0 Å². The number of hydrogen-bond acceptors (Lipinski definition) is 0. The predicted octanol–water partition coefficient (Wildman–Crippen LogP) is 3.59. The predicted molar refractivity (Wildman–Crippen MR) is 53.0 cm³/mol. The Hall–Kier alpha value is -1.11. The molecule has 1 aliphatic rings. The quantitative estimate of drug-likeness (QED) is 0.613. The Labute approximate surface area is 78.1 Å². The summed E-state index contributed by atoms with van der Waals surface area (Å²) in [4.78, 5) is 0. The third kappa shape index (κ3) is 1.39. The van der Waals surface area contributed by atoms with E-state index >= 15 is 0 Å². The van der Waals surface area contributed by atoms with Crippen LogP contribution in [-0.4, -0.2) is 0 Å². The number of fused-ring (bicyclic) bond motifs is 1. The maximum atomic E-state index is 13.0. The van der Waals surface area contributed by atoms with Crippen molar-refractivity contribution in [3.8, 4) is 0 Å². The van der Waals surface area contributed by atoms with Crippen LogP contribution in [0.1, 0.15) is 30.9 Å². The lowest BCUT2D eigenvalue weighted by Crippen LogP contribution is -2.01. The first-order valence-electron chi connectivity index (χ1n) is 4.66. The van der Waals surface area contributed by atoms with Crippen molar-refractivity contribution in [3.63, 3.8) is 0 Å². The van der Waals surface area contributed by atoms with Crippen LogP contribution < -0.4 is 0 Å². The highest BCUT2D eigenvalue weighted by molar-refractivity contribution is 5.62. The van der Waals surface area contributed by atoms with E-state index in [9.17, 15) is 4.39 Å². The molecule has 0 nitrogen and oxygen atoms in total. The molecule has 0 heterocycles. The fraction of sp³-hybridized carbons (Fsp3) is 0.333. The van der Waals surface area contributed by atoms with Gasteiger partial charge in [0.15, 0.2) is 0 Å². The summed E-state index contributed by atoms with van der Waals surface area (Å²) in [7, 11) is 0. The molecule has 2 rings (SSSR count). The normalized spacial score (nSPS) is 19.5. The molecule has 0 spiro atoms. The molecule has 13 heavy (non-hydrogen) atoms. The summed E-state index contributed by atoms with van der Waals surface area (Å²) >= 11 is 0. The molecule has 0 aliphatic heterocycles. The van der Waals surface area contributed by atoms with E-state index < -0.39 is 0 Å². The smallest absolute Gasteiger partial charge is 0.123 e. The van der Waals surface area contributed by atoms with Crippen LogP contribution in [0.3, 0.4) is 0 Å². The standard InChI is InChI=1S/C12H13F/c1-8(2)11-6-4-9-3-5-10(13)7-12(9)11/h3-8,11H,1-2H3. The molecule has 0 aromatic heterocycles. The highest BCUT2D eigenvalue weighted by Gasteiger charge is 2.20. The second-order valence-electron chi connectivity index (χ2n) is 3.90. The van der Waals surface area contributed by atoms with Gasteiger partial charge in [-0.2, -0.15) is 0 Å². The maximum absolute atomic E-state index is 13.0. The van der Waals surface area contributed by atoms with Crippen LogP contribution in [0.4, 0.5) is 4.39 Å². The van der Waals surface area contributed by atoms with Crippen LogP contribution in [0.25, 0.3) is 6.08 Å². The van der Waals surface area contributed by atoms with Crippen LogP contribution in [0.15, 0.2) is 24.3 Å². The Kier molecular flexibility index (Phi) is 1.95. The number of hydrogen-bond donors (Lipinski definition) is 0. The van der Waals surface area contributed by atoms with Gasteiger partial charge in [0, 0.05) is 5.92 Å². The van der Waals surface area contributed by atoms with Crippen molar-refractivity contribution in [2.24, 2.45) is 5.92 Å². The first-order valence-corrected chi connectivity index (χ1v) is 4.66. The molecule has 1 aromatic carbocycles. The van der Waals surface area contributed by atoms with Gasteiger partial charge >= 0.3 is 0 Å². The van der Waals surface area contributed by atoms with Crippen molar-refractivity contribution in [2.45, 2.75) is 19.8 Å². The van der Waals surface area contributed by atoms with Crippen LogP contribution in [0, 0.1) is 11.7 Å². The number of benzene rings is 1. The van der Waals surface area contributed by atoms with Crippen LogP contribution >= 0.6 is 0 Å². The zero-order valence-electron chi connectivity index (χ0n) is 7.92. The summed E-state index contributed by atoms with van der Waals surface area (Å²) in [5.41, 5.74) is 2.30. The zero-order valence-corrected chi connectivity index (χ0v) is 7.92. The van der Waals surface area contributed by atoms with E-state index in [4.69, 9.17) is 0 Å². The van der Waals surface area contributed by atoms with Crippen molar-refractivity contribution in [2.75, 3.05) is 0 Å². The van der Waals surface area contributed by atoms with Crippen LogP contribution in [0.5, 0.6) is 0 Å². The molecule has 0 saturated heterocycles. The molecule has 1 unspecified atom stereocenters. The minimum atomic E-state index is -0.131. The van der Waals surface area contributed by atoms with Gasteiger partial charge in [-0.3, -0.25) is 0 Å². The van der Waals surface area contributed by atoms with Gasteiger partial charge in [-0.05, 0) is 29.2 Å². The molecule has 68 valence electrons. The molecule has 1 atom stereocenters. The monoisotopic (exact) mass is 176 g/mol. The average molecular weight is 176 g/mol. The minimum Gasteiger partial charge on any atom is -0.207 e. The van der Waals surface area contributed by atoms with E-state index in [1.807, 2.05) is 6.07 Å². The highest BCUT2D eigenvalue weighted by atomic mass is 19.1. The summed E-state index contributed by atoms with van der Waals surface area (Å²) in [6, 6.07) is 5.02. The molecule has 0 N–H and O–H groups in total. The SMILES string of the molecule is CC(C)C1C=Cc2ccc(F)cc21. The summed E-state index contributed by atoms with van der Waals surface area (Å²) in [6.45, 7) is 4.32. The molecule has 0 saturated carbocycles. The Morgan fingerprint density at radius 1 is 1.31 bits per heavy atom. The summed E-state index contributed by atoms with van der Waals surface area (Å²) in [5.74, 6) is 0.804. The van der Waals surface area contributed by atoms with E-state index in [0.29, 0.717) is 11.8 Å². The molecule has 0 radical (unpaired) electrons.